The van der Waals surface area contributed by atoms with Gasteiger partial charge in [0, 0.05) is 4.88 Å². The van der Waals surface area contributed by atoms with Crippen LogP contribution in [-0.2, 0) is 25.5 Å². The standard InChI is InChI=1S/C15H17N3O5S2/c1-2-23-10-7-25-14-11(13(20)18(14)12(17-10)15(21)22)16-9(19)6-8-4-3-5-24-8/h3-5,11-12,14H,2,6-7H2,1H3,(H,16,19)(H,21,22)/t11-,12+,14-/m0/s1. The van der Waals surface area contributed by atoms with Crippen LogP contribution in [0.3, 0.4) is 0 Å². The topological polar surface area (TPSA) is 108 Å². The molecule has 1 saturated heterocycles. The molecule has 2 amide bonds. The molecule has 0 bridgehead atoms. The Bertz CT molecular complexity index is 706. The lowest BCUT2D eigenvalue weighted by molar-refractivity contribution is -0.161. The van der Waals surface area contributed by atoms with Crippen LogP contribution in [0.15, 0.2) is 22.5 Å². The SMILES string of the molecule is CCOC1=N[C@@H](C(=O)O)N2C(=O)[C@H](NC(=O)Cc3cccs3)[C@@H]2SC1. The maximum atomic E-state index is 12.4. The highest BCUT2D eigenvalue weighted by Gasteiger charge is 2.54. The van der Waals surface area contributed by atoms with E-state index in [0.717, 1.165) is 4.88 Å². The van der Waals surface area contributed by atoms with Crippen molar-refractivity contribution in [2.75, 3.05) is 12.4 Å². The lowest BCUT2D eigenvalue weighted by Crippen LogP contribution is -2.72. The summed E-state index contributed by atoms with van der Waals surface area (Å²) in [5.74, 6) is -1.27. The van der Waals surface area contributed by atoms with Crippen molar-refractivity contribution in [3.05, 3.63) is 22.4 Å². The first-order valence-corrected chi connectivity index (χ1v) is 9.62. The van der Waals surface area contributed by atoms with Gasteiger partial charge in [0.2, 0.25) is 12.1 Å². The van der Waals surface area contributed by atoms with Gasteiger partial charge in [0.1, 0.15) is 11.4 Å². The lowest BCUT2D eigenvalue weighted by atomic mass is 10.1. The number of carbonyl (C=O) groups is 3. The van der Waals surface area contributed by atoms with E-state index in [-0.39, 0.29) is 12.3 Å². The summed E-state index contributed by atoms with van der Waals surface area (Å²) in [6, 6.07) is 2.96. The molecule has 2 aliphatic heterocycles. The van der Waals surface area contributed by atoms with Crippen LogP contribution < -0.4 is 5.32 Å². The molecular formula is C15H17N3O5S2. The molecule has 8 nitrogen and oxygen atoms in total. The molecule has 2 aliphatic rings. The van der Waals surface area contributed by atoms with E-state index >= 15 is 0 Å². The summed E-state index contributed by atoms with van der Waals surface area (Å²) in [7, 11) is 0. The molecule has 0 aromatic carbocycles. The number of aliphatic imine (C=N–C) groups is 1. The molecule has 3 heterocycles. The van der Waals surface area contributed by atoms with E-state index in [4.69, 9.17) is 4.74 Å². The van der Waals surface area contributed by atoms with Crippen molar-refractivity contribution in [1.29, 1.82) is 0 Å². The molecule has 25 heavy (non-hydrogen) atoms. The summed E-state index contributed by atoms with van der Waals surface area (Å²) in [4.78, 5) is 42.2. The highest BCUT2D eigenvalue weighted by Crippen LogP contribution is 2.35. The minimum atomic E-state index is -1.32. The number of hydrogen-bond donors (Lipinski definition) is 2. The molecular weight excluding hydrogens is 366 g/mol. The number of thiophene rings is 1. The van der Waals surface area contributed by atoms with Crippen LogP contribution in [0.5, 0.6) is 0 Å². The van der Waals surface area contributed by atoms with Crippen molar-refractivity contribution in [2.24, 2.45) is 4.99 Å². The smallest absolute Gasteiger partial charge is 0.349 e. The van der Waals surface area contributed by atoms with Gasteiger partial charge in [0.15, 0.2) is 5.90 Å². The van der Waals surface area contributed by atoms with Gasteiger partial charge in [0.05, 0.1) is 18.8 Å². The second kappa shape index (κ2) is 7.44. The number of fused-ring (bicyclic) bond motifs is 1. The van der Waals surface area contributed by atoms with Crippen LogP contribution in [0.1, 0.15) is 11.8 Å². The molecule has 1 aromatic rings. The number of hydrogen-bond acceptors (Lipinski definition) is 7. The Hall–Kier alpha value is -2.07. The summed E-state index contributed by atoms with van der Waals surface area (Å²) in [5.41, 5.74) is 0. The van der Waals surface area contributed by atoms with Crippen LogP contribution in [0.25, 0.3) is 0 Å². The zero-order chi connectivity index (χ0) is 18.0. The van der Waals surface area contributed by atoms with Gasteiger partial charge in [-0.1, -0.05) is 6.07 Å². The number of carboxylic acids is 1. The van der Waals surface area contributed by atoms with E-state index in [2.05, 4.69) is 10.3 Å². The molecule has 10 heteroatoms. The fourth-order valence-corrected chi connectivity index (χ4v) is 4.60. The van der Waals surface area contributed by atoms with Crippen molar-refractivity contribution in [3.8, 4) is 0 Å². The number of nitrogens with one attached hydrogen (secondary N) is 1. The maximum absolute atomic E-state index is 12.4. The molecule has 0 unspecified atom stereocenters. The van der Waals surface area contributed by atoms with E-state index in [1.165, 1.54) is 28.0 Å². The Balaban J connectivity index is 1.69. The van der Waals surface area contributed by atoms with Crippen molar-refractivity contribution in [2.45, 2.75) is 30.9 Å². The zero-order valence-corrected chi connectivity index (χ0v) is 15.0. The molecule has 0 saturated carbocycles. The van der Waals surface area contributed by atoms with Crippen molar-refractivity contribution in [1.82, 2.24) is 10.2 Å². The molecule has 0 radical (unpaired) electrons. The third kappa shape index (κ3) is 3.64. The van der Waals surface area contributed by atoms with Gasteiger partial charge >= 0.3 is 5.97 Å². The molecule has 1 fully saturated rings. The average molecular weight is 383 g/mol. The lowest BCUT2D eigenvalue weighted by Gasteiger charge is -2.46. The van der Waals surface area contributed by atoms with E-state index < -0.39 is 29.5 Å². The van der Waals surface area contributed by atoms with Crippen LogP contribution in [0, 0.1) is 0 Å². The Kier molecular flexibility index (Phi) is 5.28. The fraction of sp³-hybridized carbons (Fsp3) is 0.467. The summed E-state index contributed by atoms with van der Waals surface area (Å²) in [6.45, 7) is 2.15. The number of carboxylic acid groups (broad SMARTS) is 1. The summed E-state index contributed by atoms with van der Waals surface area (Å²) in [6.07, 6.45) is -1.12. The molecule has 3 atom stereocenters. The highest BCUT2D eigenvalue weighted by atomic mass is 32.2. The molecule has 0 spiro atoms. The quantitative estimate of drug-likeness (QED) is 0.719. The van der Waals surface area contributed by atoms with Crippen LogP contribution in [0.4, 0.5) is 0 Å². The predicted molar refractivity (Wildman–Crippen MR) is 93.5 cm³/mol. The number of thioether (sulfide) groups is 1. The average Bonchev–Trinajstić information content (AvgIpc) is 3.00. The fourth-order valence-electron chi connectivity index (χ4n) is 2.66. The van der Waals surface area contributed by atoms with E-state index in [1.807, 2.05) is 17.5 Å². The monoisotopic (exact) mass is 383 g/mol. The second-order valence-electron chi connectivity index (χ2n) is 5.42. The number of nitrogens with zero attached hydrogens (tertiary/aromatic N) is 2. The van der Waals surface area contributed by atoms with Gasteiger partial charge in [-0.05, 0) is 18.4 Å². The molecule has 0 aliphatic carbocycles. The number of carbonyl (C=O) groups excluding carboxylic acids is 2. The van der Waals surface area contributed by atoms with Gasteiger partial charge in [0.25, 0.3) is 5.91 Å². The first-order chi connectivity index (χ1) is 12.0. The third-order valence-electron chi connectivity index (χ3n) is 3.75. The third-order valence-corrected chi connectivity index (χ3v) is 5.88. The Morgan fingerprint density at radius 1 is 1.52 bits per heavy atom. The number of β-lactam (4-membered cyclic amide) rings is 1. The second-order valence-corrected chi connectivity index (χ2v) is 7.55. The molecule has 2 N–H and O–H groups in total. The Labute approximate surface area is 152 Å². The Morgan fingerprint density at radius 2 is 2.32 bits per heavy atom. The maximum Gasteiger partial charge on any atom is 0.349 e. The van der Waals surface area contributed by atoms with Crippen LogP contribution in [-0.4, -0.2) is 63.6 Å². The first-order valence-electron chi connectivity index (χ1n) is 7.69. The first kappa shape index (κ1) is 17.7. The summed E-state index contributed by atoms with van der Waals surface area (Å²) in [5, 5.41) is 13.5. The van der Waals surface area contributed by atoms with Crippen molar-refractivity contribution < 1.29 is 24.2 Å². The summed E-state index contributed by atoms with van der Waals surface area (Å²) < 4.78 is 5.33. The highest BCUT2D eigenvalue weighted by molar-refractivity contribution is 8.00. The van der Waals surface area contributed by atoms with Crippen molar-refractivity contribution in [3.63, 3.8) is 0 Å². The number of amides is 2. The predicted octanol–water partition coefficient (Wildman–Crippen LogP) is 0.536. The Morgan fingerprint density at radius 3 is 2.96 bits per heavy atom. The number of ether oxygens (including phenoxy) is 1. The largest absolute Gasteiger partial charge is 0.481 e. The van der Waals surface area contributed by atoms with Gasteiger partial charge in [-0.2, -0.15) is 0 Å². The van der Waals surface area contributed by atoms with Crippen molar-refractivity contribution >= 4 is 46.8 Å². The normalized spacial score (nSPS) is 25.3. The van der Waals surface area contributed by atoms with Gasteiger partial charge in [-0.25, -0.2) is 9.79 Å². The van der Waals surface area contributed by atoms with Crippen LogP contribution in [0.2, 0.25) is 0 Å². The number of rotatable bonds is 5. The van der Waals surface area contributed by atoms with Gasteiger partial charge in [-0.3, -0.25) is 14.5 Å². The minimum absolute atomic E-state index is 0.196. The molecule has 3 rings (SSSR count). The molecule has 134 valence electrons. The van der Waals surface area contributed by atoms with Gasteiger partial charge in [-0.15, -0.1) is 23.1 Å². The van der Waals surface area contributed by atoms with E-state index in [9.17, 15) is 19.5 Å². The van der Waals surface area contributed by atoms with Gasteiger partial charge < -0.3 is 15.2 Å². The number of aliphatic carboxylic acids is 1. The molecule has 1 aromatic heterocycles. The van der Waals surface area contributed by atoms with E-state index in [1.54, 1.807) is 6.92 Å². The van der Waals surface area contributed by atoms with E-state index in [0.29, 0.717) is 18.3 Å². The summed E-state index contributed by atoms with van der Waals surface area (Å²) >= 11 is 2.81. The van der Waals surface area contributed by atoms with Crippen LogP contribution >= 0.6 is 23.1 Å². The zero-order valence-electron chi connectivity index (χ0n) is 13.4. The minimum Gasteiger partial charge on any atom is -0.481 e.